The molecule has 23 heavy (non-hydrogen) atoms. The molecule has 1 aromatic rings. The van der Waals surface area contributed by atoms with E-state index in [-0.39, 0.29) is 5.60 Å². The van der Waals surface area contributed by atoms with Crippen LogP contribution < -0.4 is 15.6 Å². The van der Waals surface area contributed by atoms with Crippen molar-refractivity contribution >= 4 is 19.3 Å². The minimum atomic E-state index is -3.60. The third-order valence-corrected chi connectivity index (χ3v) is 7.14. The summed E-state index contributed by atoms with van der Waals surface area (Å²) in [7, 11) is -3.60. The van der Waals surface area contributed by atoms with Crippen molar-refractivity contribution in [2.45, 2.75) is 44.1 Å². The Bertz CT molecular complexity index is 601. The number of nitrogens with two attached hydrogens (primary N) is 1. The number of hydrazine groups is 1. The van der Waals surface area contributed by atoms with Crippen LogP contribution in [0, 0.1) is 17.8 Å². The van der Waals surface area contributed by atoms with Crippen LogP contribution in [0.25, 0.3) is 0 Å². The number of benzene rings is 1. The highest BCUT2D eigenvalue weighted by Crippen LogP contribution is 2.61. The maximum Gasteiger partial charge on any atom is 0.472 e. The van der Waals surface area contributed by atoms with E-state index in [1.54, 1.807) is 24.3 Å². The lowest BCUT2D eigenvalue weighted by molar-refractivity contribution is -0.111. The third kappa shape index (κ3) is 3.18. The first-order valence-corrected chi connectivity index (χ1v) is 10.1. The average molecular weight is 357 g/mol. The summed E-state index contributed by atoms with van der Waals surface area (Å²) in [6.07, 6.45) is 6.78. The molecule has 4 bridgehead atoms. The third-order valence-electron chi connectivity index (χ3n) is 5.49. The second-order valence-corrected chi connectivity index (χ2v) is 9.42. The van der Waals surface area contributed by atoms with Crippen molar-refractivity contribution in [3.63, 3.8) is 0 Å². The highest BCUT2D eigenvalue weighted by molar-refractivity contribution is 7.52. The van der Waals surface area contributed by atoms with Crippen molar-refractivity contribution in [2.24, 2.45) is 23.6 Å². The van der Waals surface area contributed by atoms with Gasteiger partial charge in [0.25, 0.3) is 0 Å². The topological polar surface area (TPSA) is 73.6 Å². The standard InChI is InChI=1S/C16H22ClN2O3P/c17-14-1-3-15(4-2-14)21-23(20,19-18)22-16-8-11-5-12(9-16)7-13(6-11)10-16/h1-4,11-13H,5-10,18H2,(H,19,20). The average Bonchev–Trinajstić information content (AvgIpc) is 2.48. The predicted molar refractivity (Wildman–Crippen MR) is 89.0 cm³/mol. The van der Waals surface area contributed by atoms with Gasteiger partial charge < -0.3 is 4.52 Å². The lowest BCUT2D eigenvalue weighted by atomic mass is 9.54. The summed E-state index contributed by atoms with van der Waals surface area (Å²) in [6, 6.07) is 6.69. The molecular formula is C16H22ClN2O3P. The van der Waals surface area contributed by atoms with E-state index in [4.69, 9.17) is 26.5 Å². The summed E-state index contributed by atoms with van der Waals surface area (Å²) in [5.41, 5.74) is -0.344. The van der Waals surface area contributed by atoms with Gasteiger partial charge in [0.15, 0.2) is 0 Å². The van der Waals surface area contributed by atoms with Gasteiger partial charge in [0.1, 0.15) is 5.75 Å². The van der Waals surface area contributed by atoms with E-state index in [9.17, 15) is 4.57 Å². The smallest absolute Gasteiger partial charge is 0.412 e. The van der Waals surface area contributed by atoms with Crippen molar-refractivity contribution in [3.05, 3.63) is 29.3 Å². The Hall–Kier alpha value is -0.580. The zero-order valence-corrected chi connectivity index (χ0v) is 14.6. The monoisotopic (exact) mass is 356 g/mol. The SMILES string of the molecule is NNP(=O)(Oc1ccc(Cl)cc1)OC12CC3CC(CC(C3)C1)C2. The Morgan fingerprint density at radius 1 is 1.09 bits per heavy atom. The largest absolute Gasteiger partial charge is 0.472 e. The van der Waals surface area contributed by atoms with Crippen molar-refractivity contribution in [1.82, 2.24) is 5.20 Å². The van der Waals surface area contributed by atoms with Gasteiger partial charge in [0.05, 0.1) is 5.60 Å². The van der Waals surface area contributed by atoms with Gasteiger partial charge >= 0.3 is 7.75 Å². The van der Waals surface area contributed by atoms with Crippen molar-refractivity contribution in [2.75, 3.05) is 0 Å². The number of hydrogen-bond acceptors (Lipinski definition) is 4. The van der Waals surface area contributed by atoms with E-state index in [0.717, 1.165) is 19.3 Å². The van der Waals surface area contributed by atoms with E-state index < -0.39 is 7.75 Å². The number of rotatable bonds is 5. The summed E-state index contributed by atoms with van der Waals surface area (Å²) in [5, 5.41) is 2.89. The lowest BCUT2D eigenvalue weighted by Crippen LogP contribution is -2.52. The van der Waals surface area contributed by atoms with Crippen LogP contribution in [0.2, 0.25) is 5.02 Å². The second kappa shape index (κ2) is 5.75. The van der Waals surface area contributed by atoms with Crippen LogP contribution in [0.3, 0.4) is 0 Å². The maximum absolute atomic E-state index is 13.0. The van der Waals surface area contributed by atoms with Crippen LogP contribution >= 0.6 is 19.3 Å². The van der Waals surface area contributed by atoms with Gasteiger partial charge in [-0.05, 0) is 80.5 Å². The Balaban J connectivity index is 1.53. The van der Waals surface area contributed by atoms with Crippen molar-refractivity contribution < 1.29 is 13.6 Å². The predicted octanol–water partition coefficient (Wildman–Crippen LogP) is 4.28. The number of halogens is 1. The molecule has 0 radical (unpaired) electrons. The summed E-state index contributed by atoms with van der Waals surface area (Å²) in [4.78, 5) is 0. The van der Waals surface area contributed by atoms with Gasteiger partial charge in [-0.2, -0.15) is 5.20 Å². The quantitative estimate of drug-likeness (QED) is 0.468. The molecule has 0 spiro atoms. The van der Waals surface area contributed by atoms with Gasteiger partial charge in [0, 0.05) is 5.02 Å². The molecule has 1 unspecified atom stereocenters. The van der Waals surface area contributed by atoms with Crippen LogP contribution in [-0.4, -0.2) is 5.60 Å². The molecule has 4 saturated carbocycles. The molecule has 1 aromatic carbocycles. The fraction of sp³-hybridized carbons (Fsp3) is 0.625. The molecular weight excluding hydrogens is 335 g/mol. The van der Waals surface area contributed by atoms with E-state index >= 15 is 0 Å². The van der Waals surface area contributed by atoms with Crippen molar-refractivity contribution in [1.29, 1.82) is 0 Å². The number of nitrogens with one attached hydrogen (secondary N) is 1. The molecule has 1 atom stereocenters. The lowest BCUT2D eigenvalue weighted by Gasteiger charge is -2.56. The second-order valence-electron chi connectivity index (χ2n) is 7.36. The summed E-state index contributed by atoms with van der Waals surface area (Å²) in [6.45, 7) is 0. The molecule has 7 heteroatoms. The van der Waals surface area contributed by atoms with Gasteiger partial charge in [0.2, 0.25) is 0 Å². The first-order valence-electron chi connectivity index (χ1n) is 8.21. The van der Waals surface area contributed by atoms with Gasteiger partial charge in [-0.25, -0.2) is 4.57 Å². The number of hydrogen-bond donors (Lipinski definition) is 2. The molecule has 4 fully saturated rings. The molecule has 0 saturated heterocycles. The van der Waals surface area contributed by atoms with Gasteiger partial charge in [-0.1, -0.05) is 11.6 Å². The summed E-state index contributed by atoms with van der Waals surface area (Å²) in [5.74, 6) is 8.05. The fourth-order valence-corrected chi connectivity index (χ4v) is 6.50. The molecule has 0 aliphatic heterocycles. The van der Waals surface area contributed by atoms with Crippen LogP contribution in [0.1, 0.15) is 38.5 Å². The van der Waals surface area contributed by atoms with Crippen LogP contribution in [0.4, 0.5) is 0 Å². The van der Waals surface area contributed by atoms with Gasteiger partial charge in [-0.3, -0.25) is 10.4 Å². The fourth-order valence-electron chi connectivity index (χ4n) is 5.10. The first-order chi connectivity index (χ1) is 11.0. The molecule has 0 amide bonds. The molecule has 5 nitrogen and oxygen atoms in total. The summed E-state index contributed by atoms with van der Waals surface area (Å²) < 4.78 is 24.7. The Kier molecular flexibility index (Phi) is 3.98. The first kappa shape index (κ1) is 15.9. The zero-order chi connectivity index (χ0) is 16.1. The molecule has 3 N–H and O–H groups in total. The van der Waals surface area contributed by atoms with Gasteiger partial charge in [-0.15, -0.1) is 0 Å². The van der Waals surface area contributed by atoms with E-state index in [1.807, 2.05) is 0 Å². The van der Waals surface area contributed by atoms with Crippen LogP contribution in [0.5, 0.6) is 5.75 Å². The Labute approximate surface area is 141 Å². The molecule has 4 aliphatic rings. The van der Waals surface area contributed by atoms with Crippen LogP contribution in [0.15, 0.2) is 24.3 Å². The highest BCUT2D eigenvalue weighted by Gasteiger charge is 2.54. The Morgan fingerprint density at radius 2 is 1.61 bits per heavy atom. The summed E-state index contributed by atoms with van der Waals surface area (Å²) >= 11 is 5.87. The van der Waals surface area contributed by atoms with Crippen LogP contribution in [-0.2, 0) is 9.09 Å². The van der Waals surface area contributed by atoms with Crippen molar-refractivity contribution in [3.8, 4) is 5.75 Å². The maximum atomic E-state index is 13.0. The Morgan fingerprint density at radius 3 is 2.09 bits per heavy atom. The van der Waals surface area contributed by atoms with E-state index in [0.29, 0.717) is 28.5 Å². The molecule has 5 rings (SSSR count). The molecule has 126 valence electrons. The highest BCUT2D eigenvalue weighted by atomic mass is 35.5. The normalized spacial score (nSPS) is 37.6. The minimum Gasteiger partial charge on any atom is -0.412 e. The zero-order valence-electron chi connectivity index (χ0n) is 12.9. The molecule has 0 aromatic heterocycles. The van der Waals surface area contributed by atoms with E-state index in [1.165, 1.54) is 19.3 Å². The van der Waals surface area contributed by atoms with E-state index in [2.05, 4.69) is 5.20 Å². The minimum absolute atomic E-state index is 0.344. The molecule has 4 aliphatic carbocycles. The molecule has 0 heterocycles.